The zero-order chi connectivity index (χ0) is 19.1. The number of rotatable bonds is 7. The number of furan rings is 1. The minimum absolute atomic E-state index is 0. The molecule has 1 saturated heterocycles. The summed E-state index contributed by atoms with van der Waals surface area (Å²) in [6, 6.07) is 13.9. The Morgan fingerprint density at radius 1 is 1.21 bits per heavy atom. The Morgan fingerprint density at radius 2 is 2.00 bits per heavy atom. The number of halogens is 1. The Bertz CT molecular complexity index is 720. The van der Waals surface area contributed by atoms with E-state index < -0.39 is 5.60 Å². The lowest BCUT2D eigenvalue weighted by Gasteiger charge is -2.22. The van der Waals surface area contributed by atoms with Crippen LogP contribution in [-0.2, 0) is 10.3 Å². The highest BCUT2D eigenvalue weighted by Gasteiger charge is 2.30. The van der Waals surface area contributed by atoms with Gasteiger partial charge in [0.25, 0.3) is 0 Å². The van der Waals surface area contributed by atoms with Crippen LogP contribution in [0.2, 0.25) is 0 Å². The standard InChI is InChI=1S/C21H29N3O3.HI/c1-3-22-20(24-15-21(2,25)18-10-7-12-26-18)23-14-17-11-13-27-19(17)16-8-5-4-6-9-16;/h4-10,12,17,19,25H,3,11,13-15H2,1-2H3,(H2,22,23,24);1H. The molecule has 3 unspecified atom stereocenters. The maximum atomic E-state index is 10.6. The van der Waals surface area contributed by atoms with Gasteiger partial charge in [-0.2, -0.15) is 0 Å². The summed E-state index contributed by atoms with van der Waals surface area (Å²) in [5, 5.41) is 17.2. The quantitative estimate of drug-likeness (QED) is 0.309. The first-order valence-corrected chi connectivity index (χ1v) is 9.55. The molecule has 1 aliphatic rings. The zero-order valence-corrected chi connectivity index (χ0v) is 18.8. The Labute approximate surface area is 183 Å². The first-order valence-electron chi connectivity index (χ1n) is 9.55. The van der Waals surface area contributed by atoms with Crippen LogP contribution in [0.3, 0.4) is 0 Å². The molecule has 6 nitrogen and oxygen atoms in total. The van der Waals surface area contributed by atoms with Crippen LogP contribution in [0.25, 0.3) is 0 Å². The number of hydrogen-bond acceptors (Lipinski definition) is 4. The molecule has 0 radical (unpaired) electrons. The van der Waals surface area contributed by atoms with Crippen LogP contribution in [-0.4, -0.2) is 37.3 Å². The van der Waals surface area contributed by atoms with Crippen molar-refractivity contribution in [3.8, 4) is 0 Å². The number of hydrogen-bond donors (Lipinski definition) is 3. The van der Waals surface area contributed by atoms with Gasteiger partial charge in [-0.05, 0) is 38.0 Å². The maximum Gasteiger partial charge on any atom is 0.191 e. The molecule has 3 N–H and O–H groups in total. The summed E-state index contributed by atoms with van der Waals surface area (Å²) in [6.45, 7) is 6.21. The largest absolute Gasteiger partial charge is 0.466 e. The summed E-state index contributed by atoms with van der Waals surface area (Å²) in [5.41, 5.74) is 0.0685. The summed E-state index contributed by atoms with van der Waals surface area (Å²) >= 11 is 0. The van der Waals surface area contributed by atoms with Crippen LogP contribution < -0.4 is 10.6 Å². The lowest BCUT2D eigenvalue weighted by molar-refractivity contribution is 0.0436. The number of benzene rings is 1. The second kappa shape index (κ2) is 10.8. The molecule has 0 saturated carbocycles. The molecule has 0 bridgehead atoms. The summed E-state index contributed by atoms with van der Waals surface area (Å²) in [5.74, 6) is 1.57. The van der Waals surface area contributed by atoms with E-state index in [0.717, 1.165) is 26.1 Å². The van der Waals surface area contributed by atoms with E-state index in [1.165, 1.54) is 5.56 Å². The second-order valence-corrected chi connectivity index (χ2v) is 7.08. The van der Waals surface area contributed by atoms with Gasteiger partial charge < -0.3 is 24.9 Å². The third kappa shape index (κ3) is 5.96. The lowest BCUT2D eigenvalue weighted by atomic mass is 9.95. The van der Waals surface area contributed by atoms with Crippen LogP contribution in [0, 0.1) is 5.92 Å². The van der Waals surface area contributed by atoms with Crippen LogP contribution in [0.4, 0.5) is 0 Å². The van der Waals surface area contributed by atoms with Crippen molar-refractivity contribution in [2.75, 3.05) is 26.2 Å². The molecule has 154 valence electrons. The smallest absolute Gasteiger partial charge is 0.191 e. The number of nitrogens with zero attached hydrogens (tertiary/aromatic N) is 1. The molecule has 2 aromatic rings. The van der Waals surface area contributed by atoms with E-state index in [4.69, 9.17) is 9.15 Å². The first kappa shape index (κ1) is 22.7. The topological polar surface area (TPSA) is 79.0 Å². The highest BCUT2D eigenvalue weighted by atomic mass is 127. The predicted molar refractivity (Wildman–Crippen MR) is 121 cm³/mol. The fourth-order valence-electron chi connectivity index (χ4n) is 3.32. The number of ether oxygens (including phenoxy) is 1. The summed E-state index contributed by atoms with van der Waals surface area (Å²) < 4.78 is 11.3. The van der Waals surface area contributed by atoms with Gasteiger partial charge in [-0.15, -0.1) is 24.0 Å². The number of aliphatic imine (C=N–C) groups is 1. The average molecular weight is 499 g/mol. The Kier molecular flexibility index (Phi) is 8.78. The van der Waals surface area contributed by atoms with Crippen molar-refractivity contribution in [3.05, 3.63) is 60.1 Å². The van der Waals surface area contributed by atoms with Crippen molar-refractivity contribution in [1.29, 1.82) is 0 Å². The number of nitrogens with one attached hydrogen (secondary N) is 2. The Morgan fingerprint density at radius 3 is 2.68 bits per heavy atom. The van der Waals surface area contributed by atoms with Gasteiger partial charge in [0.1, 0.15) is 11.4 Å². The fourth-order valence-corrected chi connectivity index (χ4v) is 3.32. The summed E-state index contributed by atoms with van der Waals surface area (Å²) in [4.78, 5) is 4.54. The predicted octanol–water partition coefficient (Wildman–Crippen LogP) is 3.44. The van der Waals surface area contributed by atoms with E-state index in [1.54, 1.807) is 25.3 Å². The lowest BCUT2D eigenvalue weighted by Crippen LogP contribution is -2.41. The van der Waals surface area contributed by atoms with Crippen LogP contribution >= 0.6 is 24.0 Å². The molecule has 1 aromatic carbocycles. The molecule has 1 aliphatic heterocycles. The van der Waals surface area contributed by atoms with Crippen LogP contribution in [0.15, 0.2) is 58.1 Å². The molecule has 1 aromatic heterocycles. The molecule has 2 heterocycles. The second-order valence-electron chi connectivity index (χ2n) is 7.08. The van der Waals surface area contributed by atoms with Crippen molar-refractivity contribution >= 4 is 29.9 Å². The molecule has 0 amide bonds. The van der Waals surface area contributed by atoms with Crippen molar-refractivity contribution in [2.45, 2.75) is 32.0 Å². The van der Waals surface area contributed by atoms with Gasteiger partial charge >= 0.3 is 0 Å². The maximum absolute atomic E-state index is 10.6. The molecular weight excluding hydrogens is 469 g/mol. The average Bonchev–Trinajstić information content (AvgIpc) is 3.37. The van der Waals surface area contributed by atoms with Crippen molar-refractivity contribution in [1.82, 2.24) is 10.6 Å². The van der Waals surface area contributed by atoms with Gasteiger partial charge in [0.15, 0.2) is 5.96 Å². The molecule has 7 heteroatoms. The van der Waals surface area contributed by atoms with Gasteiger partial charge in [-0.1, -0.05) is 30.3 Å². The highest BCUT2D eigenvalue weighted by Crippen LogP contribution is 2.33. The van der Waals surface area contributed by atoms with Crippen LogP contribution in [0.5, 0.6) is 0 Å². The van der Waals surface area contributed by atoms with E-state index in [-0.39, 0.29) is 36.6 Å². The Balaban J connectivity index is 0.00000280. The van der Waals surface area contributed by atoms with Crippen LogP contribution in [0.1, 0.15) is 37.7 Å². The molecule has 3 atom stereocenters. The minimum atomic E-state index is -1.14. The van der Waals surface area contributed by atoms with E-state index in [2.05, 4.69) is 27.8 Å². The SMILES string of the molecule is CCNC(=NCC(C)(O)c1ccco1)NCC1CCOC1c1ccccc1.I. The molecular formula is C21H30IN3O3. The third-order valence-corrected chi connectivity index (χ3v) is 4.82. The van der Waals surface area contributed by atoms with Crippen molar-refractivity contribution in [2.24, 2.45) is 10.9 Å². The van der Waals surface area contributed by atoms with Gasteiger partial charge in [0.2, 0.25) is 0 Å². The highest BCUT2D eigenvalue weighted by molar-refractivity contribution is 14.0. The molecule has 3 rings (SSSR count). The van der Waals surface area contributed by atoms with E-state index >= 15 is 0 Å². The minimum Gasteiger partial charge on any atom is -0.466 e. The molecule has 28 heavy (non-hydrogen) atoms. The Hall–Kier alpha value is -1.58. The molecule has 0 aliphatic carbocycles. The van der Waals surface area contributed by atoms with E-state index in [1.807, 2.05) is 25.1 Å². The molecule has 0 spiro atoms. The van der Waals surface area contributed by atoms with Gasteiger partial charge in [-0.3, -0.25) is 0 Å². The number of guanidine groups is 1. The van der Waals surface area contributed by atoms with E-state index in [9.17, 15) is 5.11 Å². The van der Waals surface area contributed by atoms with Crippen molar-refractivity contribution < 1.29 is 14.3 Å². The summed E-state index contributed by atoms with van der Waals surface area (Å²) in [7, 11) is 0. The fraction of sp³-hybridized carbons (Fsp3) is 0.476. The normalized spacial score (nSPS) is 21.6. The monoisotopic (exact) mass is 499 g/mol. The zero-order valence-electron chi connectivity index (χ0n) is 16.4. The van der Waals surface area contributed by atoms with Gasteiger partial charge in [0, 0.05) is 25.6 Å². The van der Waals surface area contributed by atoms with Gasteiger partial charge in [-0.25, -0.2) is 4.99 Å². The first-order chi connectivity index (χ1) is 13.1. The van der Waals surface area contributed by atoms with Crippen molar-refractivity contribution in [3.63, 3.8) is 0 Å². The molecule has 1 fully saturated rings. The van der Waals surface area contributed by atoms with E-state index in [0.29, 0.717) is 17.6 Å². The third-order valence-electron chi connectivity index (χ3n) is 4.82. The summed E-state index contributed by atoms with van der Waals surface area (Å²) in [6.07, 6.45) is 2.67. The van der Waals surface area contributed by atoms with Gasteiger partial charge in [0.05, 0.1) is 18.9 Å². The number of aliphatic hydroxyl groups is 1.